The molecule has 4 heteroatoms. The summed E-state index contributed by atoms with van der Waals surface area (Å²) >= 11 is 0. The average molecular weight is 234 g/mol. The van der Waals surface area contributed by atoms with E-state index in [1.54, 1.807) is 6.20 Å². The zero-order valence-corrected chi connectivity index (χ0v) is 10.8. The lowest BCUT2D eigenvalue weighted by atomic mass is 10.1. The van der Waals surface area contributed by atoms with Crippen molar-refractivity contribution in [1.29, 1.82) is 0 Å². The van der Waals surface area contributed by atoms with Crippen LogP contribution in [-0.2, 0) is 0 Å². The van der Waals surface area contributed by atoms with Gasteiger partial charge in [0.15, 0.2) is 0 Å². The normalized spacial score (nSPS) is 16.6. The number of nitrogens with zero attached hydrogens (tertiary/aromatic N) is 3. The number of nitrogens with two attached hydrogens (primary N) is 1. The second kappa shape index (κ2) is 5.34. The van der Waals surface area contributed by atoms with Gasteiger partial charge < -0.3 is 10.6 Å². The number of anilines is 2. The Hall–Kier alpha value is -1.32. The number of nitrogen functional groups attached to an aromatic ring is 1. The first-order chi connectivity index (χ1) is 8.16. The third-order valence-corrected chi connectivity index (χ3v) is 3.28. The average Bonchev–Trinajstić information content (AvgIpc) is 2.79. The molecule has 1 aliphatic rings. The second-order valence-corrected chi connectivity index (χ2v) is 5.26. The van der Waals surface area contributed by atoms with Gasteiger partial charge >= 0.3 is 0 Å². The Morgan fingerprint density at radius 1 is 1.41 bits per heavy atom. The summed E-state index contributed by atoms with van der Waals surface area (Å²) in [6.07, 6.45) is 6.97. The lowest BCUT2D eigenvalue weighted by molar-refractivity contribution is 0.531. The van der Waals surface area contributed by atoms with Crippen LogP contribution in [0.1, 0.15) is 39.5 Å². The standard InChI is InChI=1S/C13H22N4/c1-10(2)9-17(11-5-3-4-6-11)12-7-8-15-13(14)16-12/h7-8,10-11H,3-6,9H2,1-2H3,(H2,14,15,16). The molecule has 0 atom stereocenters. The number of hydrogen-bond donors (Lipinski definition) is 1. The van der Waals surface area contributed by atoms with Crippen molar-refractivity contribution in [3.63, 3.8) is 0 Å². The Kier molecular flexibility index (Phi) is 3.82. The van der Waals surface area contributed by atoms with Gasteiger partial charge in [0, 0.05) is 18.8 Å². The van der Waals surface area contributed by atoms with Gasteiger partial charge in [-0.1, -0.05) is 26.7 Å². The lowest BCUT2D eigenvalue weighted by Crippen LogP contribution is -2.37. The fourth-order valence-electron chi connectivity index (χ4n) is 2.56. The zero-order valence-electron chi connectivity index (χ0n) is 10.8. The van der Waals surface area contributed by atoms with Gasteiger partial charge in [-0.25, -0.2) is 4.98 Å². The van der Waals surface area contributed by atoms with Crippen molar-refractivity contribution in [3.8, 4) is 0 Å². The molecule has 1 fully saturated rings. The van der Waals surface area contributed by atoms with Crippen molar-refractivity contribution in [3.05, 3.63) is 12.3 Å². The van der Waals surface area contributed by atoms with Crippen LogP contribution in [0, 0.1) is 5.92 Å². The Bertz CT molecular complexity index is 358. The van der Waals surface area contributed by atoms with Crippen molar-refractivity contribution >= 4 is 11.8 Å². The van der Waals surface area contributed by atoms with Crippen LogP contribution >= 0.6 is 0 Å². The second-order valence-electron chi connectivity index (χ2n) is 5.26. The first kappa shape index (κ1) is 12.1. The first-order valence-corrected chi connectivity index (χ1v) is 6.52. The minimum absolute atomic E-state index is 0.370. The molecule has 1 heterocycles. The summed E-state index contributed by atoms with van der Waals surface area (Å²) in [6.45, 7) is 5.53. The molecule has 0 radical (unpaired) electrons. The molecule has 0 unspecified atom stereocenters. The van der Waals surface area contributed by atoms with Crippen LogP contribution in [0.3, 0.4) is 0 Å². The molecule has 1 aromatic heterocycles. The highest BCUT2D eigenvalue weighted by Crippen LogP contribution is 2.27. The van der Waals surface area contributed by atoms with E-state index in [4.69, 9.17) is 5.73 Å². The van der Waals surface area contributed by atoms with E-state index in [0.29, 0.717) is 17.9 Å². The summed E-state index contributed by atoms with van der Waals surface area (Å²) in [6, 6.07) is 2.60. The fourth-order valence-corrected chi connectivity index (χ4v) is 2.56. The molecule has 2 N–H and O–H groups in total. The van der Waals surface area contributed by atoms with E-state index < -0.39 is 0 Å². The van der Waals surface area contributed by atoms with Crippen LogP contribution in [-0.4, -0.2) is 22.6 Å². The van der Waals surface area contributed by atoms with E-state index in [1.165, 1.54) is 25.7 Å². The Labute approximate surface area is 103 Å². The van der Waals surface area contributed by atoms with Gasteiger partial charge in [-0.2, -0.15) is 4.98 Å². The Balaban J connectivity index is 2.19. The highest BCUT2D eigenvalue weighted by molar-refractivity contribution is 5.42. The van der Waals surface area contributed by atoms with Crippen LogP contribution in [0.15, 0.2) is 12.3 Å². The molecule has 2 rings (SSSR count). The van der Waals surface area contributed by atoms with E-state index in [1.807, 2.05) is 6.07 Å². The number of hydrogen-bond acceptors (Lipinski definition) is 4. The van der Waals surface area contributed by atoms with Crippen LogP contribution in [0.25, 0.3) is 0 Å². The summed E-state index contributed by atoms with van der Waals surface area (Å²) in [5, 5.41) is 0. The van der Waals surface area contributed by atoms with Gasteiger partial charge in [0.1, 0.15) is 5.82 Å². The maximum atomic E-state index is 5.68. The molecule has 1 saturated carbocycles. The third-order valence-electron chi connectivity index (χ3n) is 3.28. The molecule has 0 spiro atoms. The molecule has 0 aromatic carbocycles. The smallest absolute Gasteiger partial charge is 0.221 e. The van der Waals surface area contributed by atoms with Crippen molar-refractivity contribution in [1.82, 2.24) is 9.97 Å². The van der Waals surface area contributed by atoms with E-state index >= 15 is 0 Å². The quantitative estimate of drug-likeness (QED) is 0.869. The summed E-state index contributed by atoms with van der Waals surface area (Å²) in [7, 11) is 0. The SMILES string of the molecule is CC(C)CN(c1ccnc(N)n1)C1CCCC1. The highest BCUT2D eigenvalue weighted by Gasteiger charge is 2.24. The topological polar surface area (TPSA) is 55.0 Å². The predicted molar refractivity (Wildman–Crippen MR) is 70.9 cm³/mol. The fraction of sp³-hybridized carbons (Fsp3) is 0.692. The van der Waals surface area contributed by atoms with E-state index in [2.05, 4.69) is 28.7 Å². The minimum atomic E-state index is 0.370. The maximum absolute atomic E-state index is 5.68. The van der Waals surface area contributed by atoms with Gasteiger partial charge in [0.25, 0.3) is 0 Å². The van der Waals surface area contributed by atoms with Crippen molar-refractivity contribution in [2.45, 2.75) is 45.6 Å². The van der Waals surface area contributed by atoms with Crippen molar-refractivity contribution in [2.24, 2.45) is 5.92 Å². The van der Waals surface area contributed by atoms with Gasteiger partial charge in [-0.3, -0.25) is 0 Å². The Morgan fingerprint density at radius 3 is 2.71 bits per heavy atom. The molecule has 0 saturated heterocycles. The van der Waals surface area contributed by atoms with Crippen LogP contribution in [0.5, 0.6) is 0 Å². The van der Waals surface area contributed by atoms with Crippen molar-refractivity contribution < 1.29 is 0 Å². The zero-order chi connectivity index (χ0) is 12.3. The molecule has 0 bridgehead atoms. The molecule has 17 heavy (non-hydrogen) atoms. The lowest BCUT2D eigenvalue weighted by Gasteiger charge is -2.31. The maximum Gasteiger partial charge on any atom is 0.221 e. The van der Waals surface area contributed by atoms with Gasteiger partial charge in [-0.15, -0.1) is 0 Å². The molecular weight excluding hydrogens is 212 g/mol. The molecule has 0 amide bonds. The molecular formula is C13H22N4. The molecule has 1 aliphatic carbocycles. The third kappa shape index (κ3) is 3.08. The van der Waals surface area contributed by atoms with Gasteiger partial charge in [-0.05, 0) is 24.8 Å². The number of rotatable bonds is 4. The molecule has 4 nitrogen and oxygen atoms in total. The van der Waals surface area contributed by atoms with E-state index in [9.17, 15) is 0 Å². The van der Waals surface area contributed by atoms with E-state index in [-0.39, 0.29) is 0 Å². The summed E-state index contributed by atoms with van der Waals surface area (Å²) in [5.74, 6) is 1.99. The summed E-state index contributed by atoms with van der Waals surface area (Å²) in [4.78, 5) is 10.7. The Morgan fingerprint density at radius 2 is 2.12 bits per heavy atom. The van der Waals surface area contributed by atoms with Gasteiger partial charge in [0.05, 0.1) is 0 Å². The van der Waals surface area contributed by atoms with Crippen LogP contribution < -0.4 is 10.6 Å². The summed E-state index contributed by atoms with van der Waals surface area (Å²) < 4.78 is 0. The number of aromatic nitrogens is 2. The summed E-state index contributed by atoms with van der Waals surface area (Å²) in [5.41, 5.74) is 5.68. The monoisotopic (exact) mass is 234 g/mol. The van der Waals surface area contributed by atoms with E-state index in [0.717, 1.165) is 12.4 Å². The highest BCUT2D eigenvalue weighted by atomic mass is 15.2. The van der Waals surface area contributed by atoms with Crippen molar-refractivity contribution in [2.75, 3.05) is 17.2 Å². The molecule has 1 aromatic rings. The van der Waals surface area contributed by atoms with Crippen LogP contribution in [0.4, 0.5) is 11.8 Å². The largest absolute Gasteiger partial charge is 0.368 e. The van der Waals surface area contributed by atoms with Crippen LogP contribution in [0.2, 0.25) is 0 Å². The predicted octanol–water partition coefficient (Wildman–Crippen LogP) is 2.46. The minimum Gasteiger partial charge on any atom is -0.368 e. The van der Waals surface area contributed by atoms with Gasteiger partial charge in [0.2, 0.25) is 5.95 Å². The molecule has 0 aliphatic heterocycles. The molecule has 94 valence electrons. The first-order valence-electron chi connectivity index (χ1n) is 6.52.